The van der Waals surface area contributed by atoms with E-state index in [4.69, 9.17) is 9.26 Å². The number of carbonyl (C=O) groups is 2. The summed E-state index contributed by atoms with van der Waals surface area (Å²) < 4.78 is 11.3. The molecule has 1 aromatic heterocycles. The number of aromatic nitrogens is 1. The lowest BCUT2D eigenvalue weighted by Gasteiger charge is -2.15. The highest BCUT2D eigenvalue weighted by Crippen LogP contribution is 2.27. The van der Waals surface area contributed by atoms with Gasteiger partial charge in [0.05, 0.1) is 10.2 Å². The Labute approximate surface area is 166 Å². The Kier molecular flexibility index (Phi) is 7.84. The minimum atomic E-state index is -1.03. The molecule has 1 atom stereocenters. The van der Waals surface area contributed by atoms with Gasteiger partial charge in [-0.15, -0.1) is 0 Å². The molecular weight excluding hydrogens is 416 g/mol. The van der Waals surface area contributed by atoms with Gasteiger partial charge in [-0.05, 0) is 47.5 Å². The molecular formula is C19H23BrN2O5. The summed E-state index contributed by atoms with van der Waals surface area (Å²) >= 11 is 3.37. The van der Waals surface area contributed by atoms with Crippen molar-refractivity contribution >= 4 is 27.8 Å². The van der Waals surface area contributed by atoms with Crippen molar-refractivity contribution < 1.29 is 24.0 Å². The second kappa shape index (κ2) is 10.1. The first-order chi connectivity index (χ1) is 12.9. The Morgan fingerprint density at radius 2 is 2.11 bits per heavy atom. The Hall–Kier alpha value is -2.35. The van der Waals surface area contributed by atoms with Crippen molar-refractivity contribution in [1.29, 1.82) is 0 Å². The van der Waals surface area contributed by atoms with Crippen molar-refractivity contribution in [2.75, 3.05) is 0 Å². The van der Waals surface area contributed by atoms with Crippen molar-refractivity contribution in [3.8, 4) is 5.75 Å². The molecule has 0 aliphatic rings. The molecule has 1 heterocycles. The molecule has 1 unspecified atom stereocenters. The molecule has 0 aliphatic carbocycles. The van der Waals surface area contributed by atoms with E-state index < -0.39 is 17.9 Å². The quantitative estimate of drug-likeness (QED) is 0.541. The van der Waals surface area contributed by atoms with Gasteiger partial charge in [-0.1, -0.05) is 31.3 Å². The number of nitrogens with zero attached hydrogens (tertiary/aromatic N) is 1. The van der Waals surface area contributed by atoms with Crippen LogP contribution in [-0.4, -0.2) is 28.2 Å². The summed E-state index contributed by atoms with van der Waals surface area (Å²) in [6.45, 7) is 4.07. The van der Waals surface area contributed by atoms with Crippen LogP contribution in [-0.2, 0) is 11.4 Å². The van der Waals surface area contributed by atoms with Gasteiger partial charge in [0.1, 0.15) is 18.4 Å². The normalized spacial score (nSPS) is 11.8. The summed E-state index contributed by atoms with van der Waals surface area (Å²) in [5.74, 6) is -0.325. The number of nitrogens with one attached hydrogen (secondary N) is 1. The zero-order chi connectivity index (χ0) is 19.8. The lowest BCUT2D eigenvalue weighted by atomic mass is 10.1. The molecule has 2 aromatic rings. The van der Waals surface area contributed by atoms with Crippen molar-refractivity contribution in [3.63, 3.8) is 0 Å². The topological polar surface area (TPSA) is 102 Å². The number of carbonyl (C=O) groups excluding carboxylic acids is 1. The molecule has 27 heavy (non-hydrogen) atoms. The average molecular weight is 439 g/mol. The fourth-order valence-electron chi connectivity index (χ4n) is 2.49. The zero-order valence-electron chi connectivity index (χ0n) is 15.3. The first-order valence-electron chi connectivity index (χ1n) is 8.79. The van der Waals surface area contributed by atoms with Gasteiger partial charge in [0, 0.05) is 11.6 Å². The molecule has 146 valence electrons. The molecule has 0 spiro atoms. The first-order valence-corrected chi connectivity index (χ1v) is 9.58. The molecule has 2 N–H and O–H groups in total. The van der Waals surface area contributed by atoms with Crippen LogP contribution in [0.3, 0.4) is 0 Å². The van der Waals surface area contributed by atoms with Crippen LogP contribution in [0.25, 0.3) is 0 Å². The Balaban J connectivity index is 1.97. The Bertz CT molecular complexity index is 790. The number of unbranched alkanes of at least 4 members (excludes halogenated alkanes) is 2. The van der Waals surface area contributed by atoms with Gasteiger partial charge >= 0.3 is 5.97 Å². The van der Waals surface area contributed by atoms with Crippen LogP contribution in [0.15, 0.2) is 33.3 Å². The monoisotopic (exact) mass is 438 g/mol. The molecule has 0 bridgehead atoms. The highest BCUT2D eigenvalue weighted by molar-refractivity contribution is 9.10. The predicted molar refractivity (Wildman–Crippen MR) is 103 cm³/mol. The maximum Gasteiger partial charge on any atom is 0.326 e. The minimum absolute atomic E-state index is 0.212. The van der Waals surface area contributed by atoms with Gasteiger partial charge in [-0.2, -0.15) is 0 Å². The van der Waals surface area contributed by atoms with E-state index in [0.717, 1.165) is 25.0 Å². The number of benzene rings is 1. The van der Waals surface area contributed by atoms with Gasteiger partial charge in [0.2, 0.25) is 0 Å². The van der Waals surface area contributed by atoms with Gasteiger partial charge in [-0.25, -0.2) is 4.79 Å². The van der Waals surface area contributed by atoms with E-state index in [1.807, 2.05) is 13.8 Å². The molecule has 0 saturated heterocycles. The molecule has 2 rings (SSSR count). The third-order valence-electron chi connectivity index (χ3n) is 3.94. The second-order valence-corrected chi connectivity index (χ2v) is 7.08. The molecule has 7 nitrogen and oxygen atoms in total. The number of amides is 1. The highest BCUT2D eigenvalue weighted by atomic mass is 79.9. The van der Waals surface area contributed by atoms with Crippen LogP contribution in [0.2, 0.25) is 0 Å². The Morgan fingerprint density at radius 1 is 1.33 bits per heavy atom. The first kappa shape index (κ1) is 21.0. The molecule has 1 amide bonds. The summed E-state index contributed by atoms with van der Waals surface area (Å²) in [7, 11) is 0. The predicted octanol–water partition coefficient (Wildman–Crippen LogP) is 4.09. The number of halogens is 1. The lowest BCUT2D eigenvalue weighted by molar-refractivity contribution is -0.139. The van der Waals surface area contributed by atoms with E-state index >= 15 is 0 Å². The summed E-state index contributed by atoms with van der Waals surface area (Å²) in [4.78, 5) is 23.7. The fraction of sp³-hybridized carbons (Fsp3) is 0.421. The van der Waals surface area contributed by atoms with Crippen LogP contribution in [0, 0.1) is 6.92 Å². The number of aryl methyl sites for hydroxylation is 1. The molecule has 0 saturated carbocycles. The number of carboxylic acids is 1. The number of rotatable bonds is 10. The van der Waals surface area contributed by atoms with Crippen LogP contribution >= 0.6 is 15.9 Å². The lowest BCUT2D eigenvalue weighted by Crippen LogP contribution is -2.40. The van der Waals surface area contributed by atoms with Gasteiger partial charge in [0.15, 0.2) is 5.76 Å². The molecule has 0 fully saturated rings. The molecule has 0 aliphatic heterocycles. The fourth-order valence-corrected chi connectivity index (χ4v) is 2.98. The van der Waals surface area contributed by atoms with Crippen molar-refractivity contribution in [2.24, 2.45) is 0 Å². The van der Waals surface area contributed by atoms with E-state index in [2.05, 4.69) is 26.4 Å². The third kappa shape index (κ3) is 6.39. The maximum absolute atomic E-state index is 12.4. The number of aliphatic carboxylic acids is 1. The average Bonchev–Trinajstić information content (AvgIpc) is 3.05. The van der Waals surface area contributed by atoms with Crippen LogP contribution < -0.4 is 10.1 Å². The molecule has 0 radical (unpaired) electrons. The number of hydrogen-bond donors (Lipinski definition) is 2. The van der Waals surface area contributed by atoms with Crippen LogP contribution in [0.4, 0.5) is 0 Å². The van der Waals surface area contributed by atoms with Crippen LogP contribution in [0.1, 0.15) is 54.4 Å². The number of carboxylic acid groups (broad SMARTS) is 1. The van der Waals surface area contributed by atoms with E-state index in [1.54, 1.807) is 24.3 Å². The summed E-state index contributed by atoms with van der Waals surface area (Å²) in [6.07, 6.45) is 3.09. The van der Waals surface area contributed by atoms with Gasteiger partial charge in [-0.3, -0.25) is 4.79 Å². The standard InChI is InChI=1S/C19H23BrN2O5/c1-3-4-5-6-16(19(24)25)21-18(23)13-7-8-17(15(20)10-13)26-11-14-9-12(2)22-27-14/h7-10,16H,3-6,11H2,1-2H3,(H,21,23)(H,24,25). The highest BCUT2D eigenvalue weighted by Gasteiger charge is 2.20. The smallest absolute Gasteiger partial charge is 0.326 e. The van der Waals surface area contributed by atoms with Crippen molar-refractivity contribution in [2.45, 2.75) is 52.2 Å². The second-order valence-electron chi connectivity index (χ2n) is 6.23. The number of ether oxygens (including phenoxy) is 1. The van der Waals surface area contributed by atoms with Gasteiger partial charge < -0.3 is 19.7 Å². The summed E-state index contributed by atoms with van der Waals surface area (Å²) in [5.41, 5.74) is 1.12. The van der Waals surface area contributed by atoms with Crippen molar-refractivity contribution in [1.82, 2.24) is 10.5 Å². The zero-order valence-corrected chi connectivity index (χ0v) is 16.9. The van der Waals surface area contributed by atoms with E-state index in [9.17, 15) is 14.7 Å². The van der Waals surface area contributed by atoms with E-state index in [-0.39, 0.29) is 6.61 Å². The van der Waals surface area contributed by atoms with Crippen molar-refractivity contribution in [3.05, 3.63) is 45.8 Å². The van der Waals surface area contributed by atoms with E-state index in [1.165, 1.54) is 0 Å². The molecule has 8 heteroatoms. The Morgan fingerprint density at radius 3 is 2.70 bits per heavy atom. The summed E-state index contributed by atoms with van der Waals surface area (Å²) in [6, 6.07) is 5.72. The third-order valence-corrected chi connectivity index (χ3v) is 4.56. The number of hydrogen-bond acceptors (Lipinski definition) is 5. The SMILES string of the molecule is CCCCCC(NC(=O)c1ccc(OCc2cc(C)no2)c(Br)c1)C(=O)O. The van der Waals surface area contributed by atoms with Gasteiger partial charge in [0.25, 0.3) is 5.91 Å². The van der Waals surface area contributed by atoms with E-state index in [0.29, 0.717) is 28.0 Å². The maximum atomic E-state index is 12.4. The van der Waals surface area contributed by atoms with Crippen LogP contribution in [0.5, 0.6) is 5.75 Å². The minimum Gasteiger partial charge on any atom is -0.484 e. The largest absolute Gasteiger partial charge is 0.484 e. The molecule has 1 aromatic carbocycles. The summed E-state index contributed by atoms with van der Waals surface area (Å²) in [5, 5.41) is 15.7.